The van der Waals surface area contributed by atoms with Gasteiger partial charge in [-0.3, -0.25) is 9.48 Å². The predicted molar refractivity (Wildman–Crippen MR) is 98.1 cm³/mol. The molecule has 25 heavy (non-hydrogen) atoms. The van der Waals surface area contributed by atoms with Crippen LogP contribution < -0.4 is 10.2 Å². The Kier molecular flexibility index (Phi) is 4.88. The molecule has 1 amide bonds. The zero-order valence-electron chi connectivity index (χ0n) is 14.5. The lowest BCUT2D eigenvalue weighted by molar-refractivity contribution is 0.0937. The molecule has 7 nitrogen and oxygen atoms in total. The molecule has 1 N–H and O–H groups in total. The third-order valence-corrected chi connectivity index (χ3v) is 7.13. The van der Waals surface area contributed by atoms with Crippen LogP contribution in [-0.4, -0.2) is 49.5 Å². The Morgan fingerprint density at radius 2 is 2.16 bits per heavy atom. The summed E-state index contributed by atoms with van der Waals surface area (Å²) in [5.41, 5.74) is 0.968. The predicted octanol–water partition coefficient (Wildman–Crippen LogP) is 1.59. The molecule has 0 saturated carbocycles. The number of sulfone groups is 1. The second-order valence-corrected chi connectivity index (χ2v) is 9.74. The van der Waals surface area contributed by atoms with Crippen LogP contribution in [0.2, 0.25) is 0 Å². The Morgan fingerprint density at radius 1 is 1.40 bits per heavy atom. The molecule has 0 spiro atoms. The average Bonchev–Trinajstić information content (AvgIpc) is 3.14. The van der Waals surface area contributed by atoms with E-state index in [2.05, 4.69) is 15.3 Å². The van der Waals surface area contributed by atoms with Gasteiger partial charge in [0.25, 0.3) is 5.91 Å². The third-order valence-electron chi connectivity index (χ3n) is 4.23. The molecule has 2 aromatic rings. The molecule has 2 aromatic heterocycles. The molecule has 1 saturated heterocycles. The van der Waals surface area contributed by atoms with Gasteiger partial charge < -0.3 is 10.2 Å². The normalized spacial score (nSPS) is 18.4. The lowest BCUT2D eigenvalue weighted by Crippen LogP contribution is -2.48. The molecule has 0 aliphatic carbocycles. The molecule has 1 aliphatic heterocycles. The fraction of sp³-hybridized carbons (Fsp3) is 0.500. The van der Waals surface area contributed by atoms with Crippen molar-refractivity contribution in [1.82, 2.24) is 15.1 Å². The minimum Gasteiger partial charge on any atom is -0.355 e. The molecular formula is C16H22N4O3S2. The number of nitrogens with zero attached hydrogens (tertiary/aromatic N) is 3. The zero-order chi connectivity index (χ0) is 18.2. The van der Waals surface area contributed by atoms with Gasteiger partial charge in [-0.15, -0.1) is 11.3 Å². The van der Waals surface area contributed by atoms with E-state index in [4.69, 9.17) is 0 Å². The Morgan fingerprint density at radius 3 is 2.76 bits per heavy atom. The van der Waals surface area contributed by atoms with E-state index in [-0.39, 0.29) is 16.2 Å². The van der Waals surface area contributed by atoms with E-state index in [0.29, 0.717) is 4.88 Å². The highest BCUT2D eigenvalue weighted by Crippen LogP contribution is 2.23. The number of thiophene rings is 1. The zero-order valence-corrected chi connectivity index (χ0v) is 16.2. The first kappa shape index (κ1) is 17.9. The molecule has 9 heteroatoms. The molecule has 0 aromatic carbocycles. The highest BCUT2D eigenvalue weighted by molar-refractivity contribution is 7.92. The Balaban J connectivity index is 1.67. The van der Waals surface area contributed by atoms with Crippen molar-refractivity contribution in [3.8, 4) is 0 Å². The van der Waals surface area contributed by atoms with Gasteiger partial charge in [-0.25, -0.2) is 8.42 Å². The van der Waals surface area contributed by atoms with E-state index in [0.717, 1.165) is 55.0 Å². The Hall–Kier alpha value is -1.87. The summed E-state index contributed by atoms with van der Waals surface area (Å²) >= 11 is 1.01. The number of amides is 1. The fourth-order valence-corrected chi connectivity index (χ4v) is 4.92. The number of nitrogens with one attached hydrogen (secondary N) is 1. The quantitative estimate of drug-likeness (QED) is 0.868. The summed E-state index contributed by atoms with van der Waals surface area (Å²) in [7, 11) is -1.36. The monoisotopic (exact) mass is 382 g/mol. The minimum atomic E-state index is -3.28. The largest absolute Gasteiger partial charge is 0.355 e. The summed E-state index contributed by atoms with van der Waals surface area (Å²) < 4.78 is 25.2. The van der Waals surface area contributed by atoms with Crippen molar-refractivity contribution in [2.24, 2.45) is 7.05 Å². The second kappa shape index (κ2) is 6.80. The molecule has 0 radical (unpaired) electrons. The standard InChI is InChI=1S/C16H22N4O3S2/c1-11-9-14(19(2)18-11)20-8-4-5-12(10-20)17-16(21)13-6-7-15(24-13)25(3,22)23/h6-7,9,12H,4-5,8,10H2,1-3H3,(H,17,21). The van der Waals surface area contributed by atoms with Crippen molar-refractivity contribution in [3.05, 3.63) is 28.8 Å². The SMILES string of the molecule is Cc1cc(N2CCCC(NC(=O)c3ccc(S(C)(=O)=O)s3)C2)n(C)n1. The third kappa shape index (κ3) is 4.04. The smallest absolute Gasteiger partial charge is 0.261 e. The maximum absolute atomic E-state index is 12.4. The molecule has 3 rings (SSSR count). The van der Waals surface area contributed by atoms with Crippen molar-refractivity contribution < 1.29 is 13.2 Å². The van der Waals surface area contributed by atoms with Crippen molar-refractivity contribution in [3.63, 3.8) is 0 Å². The van der Waals surface area contributed by atoms with Crippen molar-refractivity contribution >= 4 is 32.9 Å². The van der Waals surface area contributed by atoms with E-state index in [1.54, 1.807) is 6.07 Å². The number of anilines is 1. The number of carbonyl (C=O) groups is 1. The van der Waals surface area contributed by atoms with Crippen LogP contribution in [0.25, 0.3) is 0 Å². The van der Waals surface area contributed by atoms with Gasteiger partial charge in [0.2, 0.25) is 0 Å². The summed E-state index contributed by atoms with van der Waals surface area (Å²) in [6, 6.07) is 5.13. The number of piperidine rings is 1. The maximum Gasteiger partial charge on any atom is 0.261 e. The Bertz CT molecular complexity index is 885. The average molecular weight is 383 g/mol. The van der Waals surface area contributed by atoms with Gasteiger partial charge in [-0.1, -0.05) is 0 Å². The van der Waals surface area contributed by atoms with Gasteiger partial charge in [0, 0.05) is 38.5 Å². The van der Waals surface area contributed by atoms with E-state index in [1.807, 2.05) is 24.7 Å². The molecular weight excluding hydrogens is 360 g/mol. The molecule has 1 aliphatic rings. The first-order valence-corrected chi connectivity index (χ1v) is 10.8. The first-order chi connectivity index (χ1) is 11.7. The van der Waals surface area contributed by atoms with Gasteiger partial charge in [0.05, 0.1) is 10.6 Å². The fourth-order valence-electron chi connectivity index (χ4n) is 3.09. The molecule has 1 atom stereocenters. The lowest BCUT2D eigenvalue weighted by atomic mass is 10.1. The molecule has 0 bridgehead atoms. The van der Waals surface area contributed by atoms with Crippen LogP contribution >= 0.6 is 11.3 Å². The first-order valence-electron chi connectivity index (χ1n) is 8.10. The van der Waals surface area contributed by atoms with E-state index >= 15 is 0 Å². The van der Waals surface area contributed by atoms with Crippen molar-refractivity contribution in [2.75, 3.05) is 24.2 Å². The summed E-state index contributed by atoms with van der Waals surface area (Å²) in [6.07, 6.45) is 3.03. The van der Waals surface area contributed by atoms with Gasteiger partial charge >= 0.3 is 0 Å². The molecule has 1 unspecified atom stereocenters. The highest BCUT2D eigenvalue weighted by Gasteiger charge is 2.25. The lowest BCUT2D eigenvalue weighted by Gasteiger charge is -2.34. The highest BCUT2D eigenvalue weighted by atomic mass is 32.2. The van der Waals surface area contributed by atoms with Gasteiger partial charge in [0.15, 0.2) is 9.84 Å². The van der Waals surface area contributed by atoms with E-state index < -0.39 is 9.84 Å². The van der Waals surface area contributed by atoms with Crippen LogP contribution in [0.5, 0.6) is 0 Å². The van der Waals surface area contributed by atoms with Crippen molar-refractivity contribution in [2.45, 2.75) is 30.0 Å². The van der Waals surface area contributed by atoms with Gasteiger partial charge in [0.1, 0.15) is 10.0 Å². The van der Waals surface area contributed by atoms with Crippen LogP contribution in [0.1, 0.15) is 28.2 Å². The number of aromatic nitrogens is 2. The summed E-state index contributed by atoms with van der Waals surface area (Å²) in [5.74, 6) is 0.833. The second-order valence-electron chi connectivity index (χ2n) is 6.42. The van der Waals surface area contributed by atoms with Crippen LogP contribution in [0.4, 0.5) is 5.82 Å². The van der Waals surface area contributed by atoms with Crippen LogP contribution in [0.15, 0.2) is 22.4 Å². The number of hydrogen-bond acceptors (Lipinski definition) is 6. The summed E-state index contributed by atoms with van der Waals surface area (Å²) in [6.45, 7) is 3.61. The maximum atomic E-state index is 12.4. The molecule has 1 fully saturated rings. The van der Waals surface area contributed by atoms with Gasteiger partial charge in [-0.05, 0) is 31.9 Å². The van der Waals surface area contributed by atoms with Crippen LogP contribution in [0.3, 0.4) is 0 Å². The number of rotatable bonds is 4. The van der Waals surface area contributed by atoms with Gasteiger partial charge in [-0.2, -0.15) is 5.10 Å². The van der Waals surface area contributed by atoms with E-state index in [1.165, 1.54) is 6.07 Å². The van der Waals surface area contributed by atoms with E-state index in [9.17, 15) is 13.2 Å². The Labute approximate surface area is 151 Å². The number of hydrogen-bond donors (Lipinski definition) is 1. The van der Waals surface area contributed by atoms with Crippen LogP contribution in [-0.2, 0) is 16.9 Å². The molecule has 3 heterocycles. The number of carbonyl (C=O) groups excluding carboxylic acids is 1. The topological polar surface area (TPSA) is 84.3 Å². The minimum absolute atomic E-state index is 0.0280. The summed E-state index contributed by atoms with van der Waals surface area (Å²) in [4.78, 5) is 15.1. The van der Waals surface area contributed by atoms with Crippen LogP contribution in [0, 0.1) is 6.92 Å². The van der Waals surface area contributed by atoms with Crippen molar-refractivity contribution in [1.29, 1.82) is 0 Å². The number of aryl methyl sites for hydroxylation is 2. The molecule has 136 valence electrons. The summed E-state index contributed by atoms with van der Waals surface area (Å²) in [5, 5.41) is 7.41.